The molecule has 0 bridgehead atoms. The van der Waals surface area contributed by atoms with Crippen molar-refractivity contribution in [1.82, 2.24) is 0 Å². The van der Waals surface area contributed by atoms with Gasteiger partial charge >= 0.3 is 51.4 Å². The summed E-state index contributed by atoms with van der Waals surface area (Å²) in [6, 6.07) is 4.30. The Labute approximate surface area is 131 Å². The Bertz CT molecular complexity index is 321. The number of rotatable bonds is 2. The topological polar surface area (TPSA) is 49.4 Å². The Morgan fingerprint density at radius 2 is 2.00 bits per heavy atom. The molecule has 7 heteroatoms. The van der Waals surface area contributed by atoms with Gasteiger partial charge in [0.2, 0.25) is 0 Å². The standard InChI is InChI=1S/C6H4Cl2O3S.K/c7-4-1-2-5(8)6(3-4)11-12(9)10;/h1-3H,(H,9,10);/q;+1/p-1. The van der Waals surface area contributed by atoms with E-state index in [9.17, 15) is 8.76 Å². The monoisotopic (exact) mass is 264 g/mol. The van der Waals surface area contributed by atoms with Crippen molar-refractivity contribution in [2.75, 3.05) is 0 Å². The summed E-state index contributed by atoms with van der Waals surface area (Å²) in [4.78, 5) is 0. The van der Waals surface area contributed by atoms with Crippen LogP contribution in [0.2, 0.25) is 10.0 Å². The first-order valence-corrected chi connectivity index (χ1v) is 4.58. The number of benzene rings is 1. The number of hydrogen-bond donors (Lipinski definition) is 0. The van der Waals surface area contributed by atoms with Gasteiger partial charge in [-0.15, -0.1) is 0 Å². The van der Waals surface area contributed by atoms with Gasteiger partial charge in [0, 0.05) is 11.1 Å². The molecule has 0 radical (unpaired) electrons. The zero-order valence-electron chi connectivity index (χ0n) is 6.62. The Balaban J connectivity index is 0.00000144. The second kappa shape index (κ2) is 6.76. The van der Waals surface area contributed by atoms with E-state index in [1.807, 2.05) is 0 Å². The fourth-order valence-electron chi connectivity index (χ4n) is 0.614. The van der Waals surface area contributed by atoms with E-state index in [0.29, 0.717) is 5.02 Å². The van der Waals surface area contributed by atoms with Gasteiger partial charge in [-0.25, -0.2) is 4.21 Å². The van der Waals surface area contributed by atoms with Crippen LogP contribution in [0.3, 0.4) is 0 Å². The van der Waals surface area contributed by atoms with Crippen molar-refractivity contribution in [2.24, 2.45) is 0 Å². The third-order valence-electron chi connectivity index (χ3n) is 1.05. The Hall–Kier alpha value is 1.35. The van der Waals surface area contributed by atoms with E-state index in [-0.39, 0.29) is 62.2 Å². The Morgan fingerprint density at radius 1 is 1.38 bits per heavy atom. The predicted octanol–water partition coefficient (Wildman–Crippen LogP) is -0.830. The quantitative estimate of drug-likeness (QED) is 0.518. The van der Waals surface area contributed by atoms with Gasteiger partial charge in [-0.1, -0.05) is 23.2 Å². The summed E-state index contributed by atoms with van der Waals surface area (Å²) in [7, 11) is 0. The molecule has 0 saturated heterocycles. The van der Waals surface area contributed by atoms with Crippen molar-refractivity contribution in [3.05, 3.63) is 28.2 Å². The van der Waals surface area contributed by atoms with Crippen LogP contribution in [0, 0.1) is 0 Å². The maximum Gasteiger partial charge on any atom is 1.00 e. The molecular weight excluding hydrogens is 262 g/mol. The van der Waals surface area contributed by atoms with Crippen LogP contribution in [0.15, 0.2) is 18.2 Å². The third kappa shape index (κ3) is 5.10. The maximum absolute atomic E-state index is 10.1. The summed E-state index contributed by atoms with van der Waals surface area (Å²) in [6.45, 7) is 0. The zero-order valence-corrected chi connectivity index (χ0v) is 12.1. The molecule has 0 aliphatic rings. The summed E-state index contributed by atoms with van der Waals surface area (Å²) in [5, 5.41) is 0.559. The van der Waals surface area contributed by atoms with Gasteiger partial charge in [-0.2, -0.15) is 0 Å². The van der Waals surface area contributed by atoms with Crippen molar-refractivity contribution in [1.29, 1.82) is 0 Å². The molecule has 1 aromatic rings. The average Bonchev–Trinajstić information content (AvgIpc) is 1.96. The first-order valence-electron chi connectivity index (χ1n) is 2.82. The van der Waals surface area contributed by atoms with Crippen LogP contribution < -0.4 is 55.6 Å². The molecule has 66 valence electrons. The number of halogens is 2. The van der Waals surface area contributed by atoms with Crippen molar-refractivity contribution in [2.45, 2.75) is 0 Å². The van der Waals surface area contributed by atoms with E-state index in [1.54, 1.807) is 0 Å². The van der Waals surface area contributed by atoms with Gasteiger partial charge in [0.1, 0.15) is 11.4 Å². The summed E-state index contributed by atoms with van der Waals surface area (Å²) in [5.74, 6) is 0.0255. The van der Waals surface area contributed by atoms with E-state index < -0.39 is 11.4 Å². The van der Waals surface area contributed by atoms with Crippen LogP contribution in [0.5, 0.6) is 5.75 Å². The minimum atomic E-state index is -2.63. The number of hydrogen-bond acceptors (Lipinski definition) is 3. The molecule has 0 amide bonds. The first-order chi connectivity index (χ1) is 5.59. The molecule has 0 heterocycles. The molecule has 0 saturated carbocycles. The molecule has 0 aliphatic carbocycles. The summed E-state index contributed by atoms with van der Waals surface area (Å²) < 4.78 is 24.5. The maximum atomic E-state index is 10.1. The van der Waals surface area contributed by atoms with Crippen LogP contribution >= 0.6 is 23.2 Å². The minimum absolute atomic E-state index is 0. The van der Waals surface area contributed by atoms with Gasteiger partial charge in [-0.3, -0.25) is 0 Å². The van der Waals surface area contributed by atoms with E-state index >= 15 is 0 Å². The van der Waals surface area contributed by atoms with Crippen LogP contribution in [-0.4, -0.2) is 8.76 Å². The van der Waals surface area contributed by atoms with Crippen molar-refractivity contribution < 1.29 is 64.3 Å². The van der Waals surface area contributed by atoms with Gasteiger partial charge in [0.25, 0.3) is 0 Å². The predicted molar refractivity (Wildman–Crippen MR) is 46.0 cm³/mol. The first kappa shape index (κ1) is 14.3. The minimum Gasteiger partial charge on any atom is -0.740 e. The van der Waals surface area contributed by atoms with E-state index in [4.69, 9.17) is 23.2 Å². The smallest absolute Gasteiger partial charge is 0.740 e. The summed E-state index contributed by atoms with van der Waals surface area (Å²) in [5.41, 5.74) is 0. The molecule has 1 unspecified atom stereocenters. The molecule has 0 N–H and O–H groups in total. The summed E-state index contributed by atoms with van der Waals surface area (Å²) in [6.07, 6.45) is 0. The van der Waals surface area contributed by atoms with Crippen molar-refractivity contribution >= 4 is 34.6 Å². The van der Waals surface area contributed by atoms with Gasteiger partial charge < -0.3 is 8.74 Å². The van der Waals surface area contributed by atoms with E-state index in [2.05, 4.69) is 4.18 Å². The van der Waals surface area contributed by atoms with Gasteiger partial charge in [0.05, 0.1) is 5.02 Å². The fourth-order valence-corrected chi connectivity index (χ4v) is 1.26. The second-order valence-corrected chi connectivity index (χ2v) is 3.28. The third-order valence-corrected chi connectivity index (χ3v) is 1.91. The van der Waals surface area contributed by atoms with Crippen LogP contribution in [0.4, 0.5) is 0 Å². The molecule has 0 aromatic heterocycles. The van der Waals surface area contributed by atoms with E-state index in [0.717, 1.165) is 0 Å². The molecule has 3 nitrogen and oxygen atoms in total. The van der Waals surface area contributed by atoms with E-state index in [1.165, 1.54) is 18.2 Å². The van der Waals surface area contributed by atoms with Crippen LogP contribution in [0.25, 0.3) is 0 Å². The molecule has 1 aromatic carbocycles. The Kier molecular flexibility index (Phi) is 7.46. The SMILES string of the molecule is O=S([O-])Oc1cc(Cl)ccc1Cl.[K+]. The molecule has 1 rings (SSSR count). The molecule has 13 heavy (non-hydrogen) atoms. The molecule has 0 aliphatic heterocycles. The van der Waals surface area contributed by atoms with Crippen molar-refractivity contribution in [3.8, 4) is 5.75 Å². The fraction of sp³-hybridized carbons (Fsp3) is 0. The van der Waals surface area contributed by atoms with Crippen LogP contribution in [-0.2, 0) is 11.4 Å². The largest absolute Gasteiger partial charge is 1.00 e. The van der Waals surface area contributed by atoms with Gasteiger partial charge in [0.15, 0.2) is 5.75 Å². The van der Waals surface area contributed by atoms with Crippen LogP contribution in [0.1, 0.15) is 0 Å². The second-order valence-electron chi connectivity index (χ2n) is 1.86. The Morgan fingerprint density at radius 3 is 2.54 bits per heavy atom. The molecular formula is C6H3Cl2KO3S. The summed E-state index contributed by atoms with van der Waals surface area (Å²) >= 11 is 8.52. The average molecular weight is 265 g/mol. The zero-order chi connectivity index (χ0) is 9.14. The van der Waals surface area contributed by atoms with Gasteiger partial charge in [-0.05, 0) is 12.1 Å². The molecule has 0 spiro atoms. The molecule has 0 fully saturated rings. The molecule has 1 atom stereocenters. The normalized spacial score (nSPS) is 11.6. The van der Waals surface area contributed by atoms with Crippen molar-refractivity contribution in [3.63, 3.8) is 0 Å².